The van der Waals surface area contributed by atoms with E-state index in [1.807, 2.05) is 41.5 Å². The van der Waals surface area contributed by atoms with Crippen molar-refractivity contribution >= 4 is 28.3 Å². The summed E-state index contributed by atoms with van der Waals surface area (Å²) < 4.78 is 10.9. The Morgan fingerprint density at radius 3 is 1.17 bits per heavy atom. The van der Waals surface area contributed by atoms with E-state index in [2.05, 4.69) is 0 Å². The van der Waals surface area contributed by atoms with Gasteiger partial charge in [0.1, 0.15) is 0 Å². The van der Waals surface area contributed by atoms with Gasteiger partial charge in [-0.2, -0.15) is 0 Å². The van der Waals surface area contributed by atoms with Crippen LogP contribution in [0.15, 0.2) is 0 Å². The third-order valence-corrected chi connectivity index (χ3v) is 2.41. The maximum Gasteiger partial charge on any atom is 0.669 e. The highest BCUT2D eigenvalue weighted by Gasteiger charge is 2.17. The third-order valence-electron chi connectivity index (χ3n) is 0.803. The summed E-state index contributed by atoms with van der Waals surface area (Å²) in [6.07, 6.45) is 0. The molecule has 73 valence electrons. The molecule has 0 aliphatic rings. The third kappa shape index (κ3) is 13.3. The molecule has 0 spiro atoms. The van der Waals surface area contributed by atoms with Gasteiger partial charge in [-0.1, -0.05) is 0 Å². The van der Waals surface area contributed by atoms with E-state index in [0.29, 0.717) is 0 Å². The van der Waals surface area contributed by atoms with Crippen LogP contribution >= 0.6 is 12.4 Å². The first-order valence-corrected chi connectivity index (χ1v) is 4.82. The smallest absolute Gasteiger partial charge is 0.479 e. The van der Waals surface area contributed by atoms with Crippen LogP contribution in [0.1, 0.15) is 41.5 Å². The van der Waals surface area contributed by atoms with Crippen LogP contribution < -0.4 is 0 Å². The Kier molecular flexibility index (Phi) is 6.94. The summed E-state index contributed by atoms with van der Waals surface area (Å²) in [5.74, 6) is 0. The highest BCUT2D eigenvalue weighted by atomic mass is 35.5. The molecule has 0 amide bonds. The minimum atomic E-state index is -0.331. The monoisotopic (exact) mass is 209 g/mol. The molecule has 0 saturated carbocycles. The predicted molar refractivity (Wildman–Crippen MR) is 54.7 cm³/mol. The largest absolute Gasteiger partial charge is 0.669 e. The van der Waals surface area contributed by atoms with Gasteiger partial charge >= 0.3 is 15.9 Å². The van der Waals surface area contributed by atoms with E-state index >= 15 is 0 Å². The fraction of sp³-hybridized carbons (Fsp3) is 1.00. The first-order valence-electron chi connectivity index (χ1n) is 3.88. The van der Waals surface area contributed by atoms with E-state index in [0.717, 1.165) is 0 Å². The highest BCUT2D eigenvalue weighted by Crippen LogP contribution is 2.09. The Morgan fingerprint density at radius 2 is 1.00 bits per heavy atom. The maximum absolute atomic E-state index is 5.47. The second-order valence-corrected chi connectivity index (χ2v) is 5.22. The first kappa shape index (κ1) is 15.2. The van der Waals surface area contributed by atoms with Crippen LogP contribution in [0, 0.1) is 0 Å². The second-order valence-electron chi connectivity index (χ2n) is 4.56. The van der Waals surface area contributed by atoms with Gasteiger partial charge < -0.3 is 7.58 Å². The fourth-order valence-electron chi connectivity index (χ4n) is 0.313. The lowest BCUT2D eigenvalue weighted by Gasteiger charge is -2.25. The molecule has 0 heterocycles. The SMILES string of the molecule is CC(C)(C)[O][Al][O]C(C)(C)C.Cl. The molecule has 0 aromatic heterocycles. The standard InChI is InChI=1S/2C4H9O.Al.ClH/c2*1-4(2,3)5;;/h2*1-3H3;;1H/q2*-1;+2;. The van der Waals surface area contributed by atoms with Crippen LogP contribution in [0.3, 0.4) is 0 Å². The van der Waals surface area contributed by atoms with E-state index < -0.39 is 0 Å². The Morgan fingerprint density at radius 1 is 0.750 bits per heavy atom. The average molecular weight is 210 g/mol. The van der Waals surface area contributed by atoms with Crippen molar-refractivity contribution in [3.05, 3.63) is 0 Å². The van der Waals surface area contributed by atoms with Crippen LogP contribution in [-0.2, 0) is 7.58 Å². The molecule has 0 rings (SSSR count). The molecule has 0 unspecified atom stereocenters. The van der Waals surface area contributed by atoms with Gasteiger partial charge in [-0.05, 0) is 41.5 Å². The molecule has 4 heteroatoms. The Hall–Kier alpha value is 0.742. The summed E-state index contributed by atoms with van der Waals surface area (Å²) in [4.78, 5) is 0. The summed E-state index contributed by atoms with van der Waals surface area (Å²) in [6, 6.07) is 0. The van der Waals surface area contributed by atoms with Gasteiger partial charge in [0, 0.05) is 11.2 Å². The van der Waals surface area contributed by atoms with Crippen molar-refractivity contribution in [2.45, 2.75) is 52.7 Å². The van der Waals surface area contributed by atoms with E-state index in [4.69, 9.17) is 7.58 Å². The molecule has 0 N–H and O–H groups in total. The van der Waals surface area contributed by atoms with Crippen molar-refractivity contribution < 1.29 is 7.58 Å². The molecule has 0 bridgehead atoms. The van der Waals surface area contributed by atoms with Gasteiger partial charge in [0.25, 0.3) is 0 Å². The Bertz CT molecular complexity index is 101. The van der Waals surface area contributed by atoms with E-state index in [1.54, 1.807) is 0 Å². The molecule has 12 heavy (non-hydrogen) atoms. The molecule has 2 nitrogen and oxygen atoms in total. The minimum absolute atomic E-state index is 0. The van der Waals surface area contributed by atoms with Crippen LogP contribution in [-0.4, -0.2) is 27.1 Å². The van der Waals surface area contributed by atoms with Gasteiger partial charge in [-0.15, -0.1) is 12.4 Å². The van der Waals surface area contributed by atoms with Gasteiger partial charge in [0.05, 0.1) is 0 Å². The lowest BCUT2D eigenvalue weighted by molar-refractivity contribution is 0.0511. The maximum atomic E-state index is 5.47. The van der Waals surface area contributed by atoms with E-state index in [9.17, 15) is 0 Å². The Labute approximate surface area is 88.8 Å². The minimum Gasteiger partial charge on any atom is -0.479 e. The number of rotatable bonds is 2. The van der Waals surface area contributed by atoms with Crippen LogP contribution in [0.2, 0.25) is 0 Å². The molecule has 0 aromatic carbocycles. The van der Waals surface area contributed by atoms with Gasteiger partial charge in [-0.3, -0.25) is 0 Å². The zero-order chi connectivity index (χ0) is 9.12. The molecule has 0 aromatic rings. The van der Waals surface area contributed by atoms with Crippen LogP contribution in [0.4, 0.5) is 0 Å². The molecule has 0 aliphatic heterocycles. The zero-order valence-electron chi connectivity index (χ0n) is 8.80. The average Bonchev–Trinajstić information content (AvgIpc) is 1.55. The van der Waals surface area contributed by atoms with Gasteiger partial charge in [0.15, 0.2) is 0 Å². The lowest BCUT2D eigenvalue weighted by atomic mass is 10.2. The highest BCUT2D eigenvalue weighted by molar-refractivity contribution is 6.18. The summed E-state index contributed by atoms with van der Waals surface area (Å²) in [7, 11) is 0. The van der Waals surface area contributed by atoms with Crippen molar-refractivity contribution in [3.8, 4) is 0 Å². The number of hydrogen-bond acceptors (Lipinski definition) is 2. The first-order chi connectivity index (χ1) is 4.71. The Balaban J connectivity index is 0. The van der Waals surface area contributed by atoms with Crippen molar-refractivity contribution in [1.29, 1.82) is 0 Å². The summed E-state index contributed by atoms with van der Waals surface area (Å²) >= 11 is -0.331. The molecule has 0 saturated heterocycles. The van der Waals surface area contributed by atoms with Crippen molar-refractivity contribution in [3.63, 3.8) is 0 Å². The van der Waals surface area contributed by atoms with Gasteiger partial charge in [-0.25, -0.2) is 0 Å². The lowest BCUT2D eigenvalue weighted by Crippen LogP contribution is -2.29. The van der Waals surface area contributed by atoms with E-state index in [1.165, 1.54) is 0 Å². The van der Waals surface area contributed by atoms with Crippen LogP contribution in [0.5, 0.6) is 0 Å². The second kappa shape index (κ2) is 5.47. The summed E-state index contributed by atoms with van der Waals surface area (Å²) in [6.45, 7) is 12.2. The van der Waals surface area contributed by atoms with Crippen molar-refractivity contribution in [1.82, 2.24) is 0 Å². The summed E-state index contributed by atoms with van der Waals surface area (Å²) in [5, 5.41) is 0. The quantitative estimate of drug-likeness (QED) is 0.651. The topological polar surface area (TPSA) is 18.5 Å². The van der Waals surface area contributed by atoms with Crippen LogP contribution in [0.25, 0.3) is 0 Å². The molecule has 1 radical (unpaired) electrons. The molecular formula is C8H19AlClO2. The summed E-state index contributed by atoms with van der Waals surface area (Å²) in [5.41, 5.74) is -0.138. The van der Waals surface area contributed by atoms with Gasteiger partial charge in [0.2, 0.25) is 0 Å². The number of hydrogen-bond donors (Lipinski definition) is 0. The molecule has 0 aliphatic carbocycles. The van der Waals surface area contributed by atoms with Crippen molar-refractivity contribution in [2.24, 2.45) is 0 Å². The molecule has 0 atom stereocenters. The normalized spacial score (nSPS) is 12.2. The van der Waals surface area contributed by atoms with E-state index in [-0.39, 0.29) is 39.5 Å². The zero-order valence-corrected chi connectivity index (χ0v) is 10.8. The molecule has 0 fully saturated rings. The fourth-order valence-corrected chi connectivity index (χ4v) is 0.938. The predicted octanol–water partition coefficient (Wildman–Crippen LogP) is 2.57. The number of halogens is 1. The molecular weight excluding hydrogens is 191 g/mol. The van der Waals surface area contributed by atoms with Crippen molar-refractivity contribution in [2.75, 3.05) is 0 Å².